The summed E-state index contributed by atoms with van der Waals surface area (Å²) in [6.45, 7) is 0.887. The number of methoxy groups -OCH3 is 1. The number of alkyl halides is 3. The maximum atomic E-state index is 13.1. The number of anilines is 2. The van der Waals surface area contributed by atoms with Gasteiger partial charge in [-0.25, -0.2) is 0 Å². The van der Waals surface area contributed by atoms with Crippen LogP contribution < -0.4 is 15.0 Å². The highest BCUT2D eigenvalue weighted by Crippen LogP contribution is 2.30. The molecule has 1 saturated heterocycles. The minimum absolute atomic E-state index is 0.00115. The number of carbonyl (C=O) groups is 1. The van der Waals surface area contributed by atoms with Crippen molar-refractivity contribution in [2.75, 3.05) is 30.4 Å². The molecule has 2 aromatic heterocycles. The van der Waals surface area contributed by atoms with Crippen molar-refractivity contribution < 1.29 is 22.7 Å². The van der Waals surface area contributed by atoms with E-state index in [1.165, 1.54) is 13.2 Å². The molecule has 3 heterocycles. The number of piperidine rings is 1. The third-order valence-corrected chi connectivity index (χ3v) is 5.33. The van der Waals surface area contributed by atoms with Gasteiger partial charge in [0.25, 0.3) is 5.82 Å². The Morgan fingerprint density at radius 2 is 2.06 bits per heavy atom. The number of ether oxygens (including phenoxy) is 1. The van der Waals surface area contributed by atoms with Gasteiger partial charge in [-0.1, -0.05) is 11.6 Å². The van der Waals surface area contributed by atoms with Crippen molar-refractivity contribution in [1.29, 1.82) is 0 Å². The third-order valence-electron chi connectivity index (χ3n) is 5.04. The summed E-state index contributed by atoms with van der Waals surface area (Å²) in [5.41, 5.74) is 0.533. The first-order chi connectivity index (χ1) is 14.8. The maximum absolute atomic E-state index is 13.1. The van der Waals surface area contributed by atoms with Crippen LogP contribution in [0, 0.1) is 5.92 Å². The Morgan fingerprint density at radius 3 is 2.77 bits per heavy atom. The quantitative estimate of drug-likeness (QED) is 0.647. The number of rotatable bonds is 4. The minimum atomic E-state index is -4.67. The minimum Gasteiger partial charge on any atom is -0.495 e. The zero-order valence-corrected chi connectivity index (χ0v) is 17.1. The van der Waals surface area contributed by atoms with Crippen molar-refractivity contribution in [3.05, 3.63) is 41.2 Å². The number of nitrogens with zero attached hydrogens (tertiary/aromatic N) is 5. The summed E-state index contributed by atoms with van der Waals surface area (Å²) < 4.78 is 45.2. The molecule has 1 aliphatic rings. The average molecular weight is 455 g/mol. The fourth-order valence-electron chi connectivity index (χ4n) is 3.51. The normalized spacial score (nSPS) is 17.1. The van der Waals surface area contributed by atoms with Crippen LogP contribution in [0.25, 0.3) is 5.65 Å². The van der Waals surface area contributed by atoms with Gasteiger partial charge < -0.3 is 15.0 Å². The Kier molecular flexibility index (Phi) is 5.61. The second-order valence-corrected chi connectivity index (χ2v) is 7.51. The van der Waals surface area contributed by atoms with Crippen LogP contribution in [0.2, 0.25) is 5.02 Å². The van der Waals surface area contributed by atoms with Gasteiger partial charge in [0.1, 0.15) is 11.6 Å². The van der Waals surface area contributed by atoms with Crippen molar-refractivity contribution in [2.45, 2.75) is 19.0 Å². The van der Waals surface area contributed by atoms with E-state index < -0.39 is 12.0 Å². The van der Waals surface area contributed by atoms with E-state index in [9.17, 15) is 18.0 Å². The highest BCUT2D eigenvalue weighted by molar-refractivity contribution is 6.32. The van der Waals surface area contributed by atoms with E-state index in [1.54, 1.807) is 29.2 Å². The van der Waals surface area contributed by atoms with Gasteiger partial charge in [-0.05, 0) is 43.2 Å². The van der Waals surface area contributed by atoms with Gasteiger partial charge in [-0.2, -0.15) is 17.7 Å². The van der Waals surface area contributed by atoms with Crippen molar-refractivity contribution in [3.63, 3.8) is 0 Å². The standard InChI is InChI=1S/C19H18ClF3N6O2/c1-31-14-5-4-12(9-13(14)20)24-17(30)11-3-2-8-28(10-11)16-7-6-15-25-26-18(19(21,22)23)29(15)27-16/h4-7,9,11H,2-3,8,10H2,1H3,(H,24,30). The van der Waals surface area contributed by atoms with Gasteiger partial charge in [-0.3, -0.25) is 4.79 Å². The summed E-state index contributed by atoms with van der Waals surface area (Å²) in [7, 11) is 1.50. The Labute approximate surface area is 180 Å². The Morgan fingerprint density at radius 1 is 1.26 bits per heavy atom. The number of nitrogens with one attached hydrogen (secondary N) is 1. The van der Waals surface area contributed by atoms with E-state index >= 15 is 0 Å². The molecule has 164 valence electrons. The zero-order valence-electron chi connectivity index (χ0n) is 16.4. The number of hydrogen-bond donors (Lipinski definition) is 1. The first-order valence-corrected chi connectivity index (χ1v) is 9.83. The first kappa shape index (κ1) is 21.2. The number of fused-ring (bicyclic) bond motifs is 1. The van der Waals surface area contributed by atoms with Gasteiger partial charge in [0.2, 0.25) is 5.91 Å². The van der Waals surface area contributed by atoms with Gasteiger partial charge >= 0.3 is 6.18 Å². The third kappa shape index (κ3) is 4.36. The van der Waals surface area contributed by atoms with Crippen LogP contribution in [-0.4, -0.2) is 45.9 Å². The molecule has 1 aliphatic heterocycles. The van der Waals surface area contributed by atoms with Crippen molar-refractivity contribution in [1.82, 2.24) is 19.8 Å². The van der Waals surface area contributed by atoms with Crippen LogP contribution in [0.15, 0.2) is 30.3 Å². The van der Waals surface area contributed by atoms with Gasteiger partial charge in [0.05, 0.1) is 18.1 Å². The van der Waals surface area contributed by atoms with Crippen LogP contribution in [0.3, 0.4) is 0 Å². The second kappa shape index (κ2) is 8.22. The molecule has 1 fully saturated rings. The van der Waals surface area contributed by atoms with E-state index in [1.807, 2.05) is 0 Å². The van der Waals surface area contributed by atoms with Gasteiger partial charge in [0, 0.05) is 18.8 Å². The number of aromatic nitrogens is 4. The van der Waals surface area contributed by atoms with E-state index in [2.05, 4.69) is 20.6 Å². The monoisotopic (exact) mass is 454 g/mol. The van der Waals surface area contributed by atoms with Crippen molar-refractivity contribution in [3.8, 4) is 5.75 Å². The summed E-state index contributed by atoms with van der Waals surface area (Å²) in [5, 5.41) is 14.0. The molecule has 3 aromatic rings. The lowest BCUT2D eigenvalue weighted by Gasteiger charge is -2.32. The molecule has 12 heteroatoms. The van der Waals surface area contributed by atoms with Crippen LogP contribution >= 0.6 is 11.6 Å². The summed E-state index contributed by atoms with van der Waals surface area (Å²) in [4.78, 5) is 14.5. The molecule has 31 heavy (non-hydrogen) atoms. The summed E-state index contributed by atoms with van der Waals surface area (Å²) >= 11 is 6.10. The molecule has 1 atom stereocenters. The SMILES string of the molecule is COc1ccc(NC(=O)C2CCCN(c3ccc4nnc(C(F)(F)F)n4n3)C2)cc1Cl. The number of carbonyl (C=O) groups excluding carboxylic acids is 1. The van der Waals surface area contributed by atoms with Crippen LogP contribution in [0.1, 0.15) is 18.7 Å². The smallest absolute Gasteiger partial charge is 0.453 e. The van der Waals surface area contributed by atoms with Crippen molar-refractivity contribution in [2.24, 2.45) is 5.92 Å². The number of benzene rings is 1. The highest BCUT2D eigenvalue weighted by Gasteiger charge is 2.38. The van der Waals surface area contributed by atoms with Gasteiger partial charge in [0.15, 0.2) is 5.65 Å². The van der Waals surface area contributed by atoms with Gasteiger partial charge in [-0.15, -0.1) is 15.3 Å². The van der Waals surface area contributed by atoms with Crippen LogP contribution in [0.5, 0.6) is 5.75 Å². The van der Waals surface area contributed by atoms with E-state index in [-0.39, 0.29) is 17.5 Å². The Bertz CT molecular complexity index is 1120. The zero-order chi connectivity index (χ0) is 22.2. The van der Waals surface area contributed by atoms with Crippen molar-refractivity contribution >= 4 is 34.7 Å². The van der Waals surface area contributed by atoms with E-state index in [0.29, 0.717) is 52.7 Å². The van der Waals surface area contributed by atoms with E-state index in [0.717, 1.165) is 0 Å². The van der Waals surface area contributed by atoms with Crippen LogP contribution in [0.4, 0.5) is 24.7 Å². The second-order valence-electron chi connectivity index (χ2n) is 7.11. The molecular weight excluding hydrogens is 437 g/mol. The molecule has 0 radical (unpaired) electrons. The van der Waals surface area contributed by atoms with E-state index in [4.69, 9.17) is 16.3 Å². The predicted molar refractivity (Wildman–Crippen MR) is 107 cm³/mol. The maximum Gasteiger partial charge on any atom is 0.453 e. The summed E-state index contributed by atoms with van der Waals surface area (Å²) in [6.07, 6.45) is -3.33. The fraction of sp³-hybridized carbons (Fsp3) is 0.368. The fourth-order valence-corrected chi connectivity index (χ4v) is 3.77. The molecule has 1 unspecified atom stereocenters. The predicted octanol–water partition coefficient (Wildman–Crippen LogP) is 3.66. The molecule has 0 saturated carbocycles. The molecule has 8 nitrogen and oxygen atoms in total. The number of hydrogen-bond acceptors (Lipinski definition) is 6. The molecule has 1 aromatic carbocycles. The molecule has 1 amide bonds. The lowest BCUT2D eigenvalue weighted by Crippen LogP contribution is -2.41. The molecule has 4 rings (SSSR count). The average Bonchev–Trinajstić information content (AvgIpc) is 3.18. The molecular formula is C19H18ClF3N6O2. The summed E-state index contributed by atoms with van der Waals surface area (Å²) in [5.74, 6) is -0.936. The molecule has 0 spiro atoms. The lowest BCUT2D eigenvalue weighted by atomic mass is 9.97. The Balaban J connectivity index is 1.50. The Hall–Kier alpha value is -3.08. The molecule has 0 aliphatic carbocycles. The number of halogens is 4. The molecule has 1 N–H and O–H groups in total. The number of amides is 1. The lowest BCUT2D eigenvalue weighted by molar-refractivity contribution is -0.146. The topological polar surface area (TPSA) is 84.6 Å². The highest BCUT2D eigenvalue weighted by atomic mass is 35.5. The molecule has 0 bridgehead atoms. The van der Waals surface area contributed by atoms with Crippen LogP contribution in [-0.2, 0) is 11.0 Å². The first-order valence-electron chi connectivity index (χ1n) is 9.45. The largest absolute Gasteiger partial charge is 0.495 e. The summed E-state index contributed by atoms with van der Waals surface area (Å²) in [6, 6.07) is 7.94.